The van der Waals surface area contributed by atoms with Gasteiger partial charge < -0.3 is 14.8 Å². The van der Waals surface area contributed by atoms with E-state index in [4.69, 9.17) is 5.73 Å². The molecule has 0 spiro atoms. The van der Waals surface area contributed by atoms with Gasteiger partial charge in [0.2, 0.25) is 10.4 Å². The van der Waals surface area contributed by atoms with Gasteiger partial charge in [-0.2, -0.15) is 5.11 Å². The molecule has 3 aromatic carbocycles. The number of hydrogen-bond donors (Lipinski definition) is 1. The Morgan fingerprint density at radius 1 is 0.800 bits per heavy atom. The number of nitrogens with two attached hydrogens (primary N) is 1. The van der Waals surface area contributed by atoms with Gasteiger partial charge in [0.05, 0.1) is 33.5 Å². The second-order valence-electron chi connectivity index (χ2n) is 6.58. The number of hydrogen-bond acceptors (Lipinski definition) is 12. The number of nitrogen functional groups attached to an aromatic ring is 1. The van der Waals surface area contributed by atoms with Crippen LogP contribution in [0.1, 0.15) is 0 Å². The zero-order valence-corrected chi connectivity index (χ0v) is 24.9. The summed E-state index contributed by atoms with van der Waals surface area (Å²) in [5, 5.41) is 8.85. The Morgan fingerprint density at radius 2 is 1.37 bits per heavy atom. The first-order valence-electron chi connectivity index (χ1n) is 8.89. The third-order valence-corrected chi connectivity index (χ3v) is 7.31. The third kappa shape index (κ3) is 8.84. The summed E-state index contributed by atoms with van der Waals surface area (Å²) < 4.78 is 93.5. The van der Waals surface area contributed by atoms with Crippen LogP contribution in [0, 0.1) is 0 Å². The van der Waals surface area contributed by atoms with Crippen molar-refractivity contribution in [3.05, 3.63) is 54.6 Å². The topological polar surface area (TPSA) is 209 Å². The standard InChI is InChI=1S/C18H17N3O9S3.2Na/c19-17-8-2-12-1-5-15(32(24,25)26)11-16(12)18(17)21-20-13-3-6-14(7-4-13)31(22,23)10-9-30-33(27,28)29;;/h1-8,11H,9-10,19H2,(H,24,25,26)(H,27,28,29);;/q;2*+1/p-2. The number of benzene rings is 3. The second kappa shape index (κ2) is 12.5. The van der Waals surface area contributed by atoms with E-state index in [1.807, 2.05) is 0 Å². The molecule has 12 nitrogen and oxygen atoms in total. The van der Waals surface area contributed by atoms with Crippen molar-refractivity contribution in [2.45, 2.75) is 9.79 Å². The van der Waals surface area contributed by atoms with Crippen molar-refractivity contribution < 1.29 is 97.7 Å². The molecule has 3 rings (SSSR count). The summed E-state index contributed by atoms with van der Waals surface area (Å²) in [6.07, 6.45) is 0. The Bertz CT molecular complexity index is 1560. The molecule has 0 radical (unpaired) electrons. The van der Waals surface area contributed by atoms with Gasteiger partial charge in [0, 0.05) is 5.39 Å². The van der Waals surface area contributed by atoms with E-state index in [2.05, 4.69) is 14.4 Å². The van der Waals surface area contributed by atoms with E-state index in [0.717, 1.165) is 6.07 Å². The first-order valence-corrected chi connectivity index (χ1v) is 13.3. The minimum absolute atomic E-state index is 0. The second-order valence-corrected chi connectivity index (χ2v) is 11.1. The summed E-state index contributed by atoms with van der Waals surface area (Å²) in [5.41, 5.74) is 6.43. The fourth-order valence-corrected chi connectivity index (χ4v) is 4.74. The van der Waals surface area contributed by atoms with Crippen LogP contribution in [-0.4, -0.2) is 46.7 Å². The van der Waals surface area contributed by atoms with Gasteiger partial charge in [0.1, 0.15) is 15.8 Å². The van der Waals surface area contributed by atoms with Gasteiger partial charge in [-0.15, -0.1) is 5.11 Å². The number of fused-ring (bicyclic) bond motifs is 1. The van der Waals surface area contributed by atoms with Gasteiger partial charge >= 0.3 is 59.1 Å². The maximum atomic E-state index is 12.2. The Hall–Kier alpha value is -0.950. The molecule has 0 bridgehead atoms. The molecule has 0 saturated carbocycles. The van der Waals surface area contributed by atoms with E-state index in [1.54, 1.807) is 6.07 Å². The van der Waals surface area contributed by atoms with E-state index in [9.17, 15) is 34.4 Å². The molecule has 3 aromatic rings. The van der Waals surface area contributed by atoms with Crippen molar-refractivity contribution in [1.82, 2.24) is 0 Å². The number of anilines is 1. The van der Waals surface area contributed by atoms with Crippen LogP contribution in [-0.2, 0) is 34.5 Å². The molecule has 0 heterocycles. The first-order chi connectivity index (χ1) is 15.3. The van der Waals surface area contributed by atoms with E-state index < -0.39 is 47.6 Å². The summed E-state index contributed by atoms with van der Waals surface area (Å²) in [6.45, 7) is -0.822. The summed E-state index contributed by atoms with van der Waals surface area (Å²) >= 11 is 0. The molecule has 0 saturated heterocycles. The molecule has 0 unspecified atom stereocenters. The van der Waals surface area contributed by atoms with Crippen LogP contribution in [0.5, 0.6) is 0 Å². The largest absolute Gasteiger partial charge is 1.00 e. The first kappa shape index (κ1) is 32.1. The summed E-state index contributed by atoms with van der Waals surface area (Å²) in [7, 11) is -13.6. The average Bonchev–Trinajstić information content (AvgIpc) is 2.71. The zero-order valence-electron chi connectivity index (χ0n) is 18.5. The molecule has 0 amide bonds. The van der Waals surface area contributed by atoms with Gasteiger partial charge in [0.15, 0.2) is 9.84 Å². The van der Waals surface area contributed by atoms with E-state index in [1.165, 1.54) is 42.5 Å². The van der Waals surface area contributed by atoms with Crippen LogP contribution in [0.15, 0.2) is 74.6 Å². The molecule has 0 fully saturated rings. The van der Waals surface area contributed by atoms with Crippen LogP contribution < -0.4 is 64.8 Å². The fraction of sp³-hybridized carbons (Fsp3) is 0.111. The number of sulfone groups is 1. The Morgan fingerprint density at radius 3 is 1.94 bits per heavy atom. The van der Waals surface area contributed by atoms with Crippen LogP contribution >= 0.6 is 0 Å². The molecule has 17 heteroatoms. The average molecular weight is 560 g/mol. The Labute approximate surface area is 246 Å². The summed E-state index contributed by atoms with van der Waals surface area (Å²) in [6, 6.07) is 11.9. The van der Waals surface area contributed by atoms with E-state index >= 15 is 0 Å². The maximum Gasteiger partial charge on any atom is 1.00 e. The van der Waals surface area contributed by atoms with Crippen molar-refractivity contribution in [3.8, 4) is 0 Å². The van der Waals surface area contributed by atoms with E-state index in [0.29, 0.717) is 5.39 Å². The molecule has 0 aliphatic heterocycles. The number of azo groups is 1. The number of nitrogens with zero attached hydrogens (tertiary/aromatic N) is 2. The van der Waals surface area contributed by atoms with Gasteiger partial charge in [-0.3, -0.25) is 4.18 Å². The normalized spacial score (nSPS) is 12.3. The van der Waals surface area contributed by atoms with Crippen molar-refractivity contribution in [1.29, 1.82) is 0 Å². The Balaban J connectivity index is 0.00000306. The van der Waals surface area contributed by atoms with Crippen LogP contribution in [0.3, 0.4) is 0 Å². The summed E-state index contributed by atoms with van der Waals surface area (Å²) in [5.74, 6) is -0.729. The molecule has 2 N–H and O–H groups in total. The minimum atomic E-state index is -5.00. The minimum Gasteiger partial charge on any atom is -0.744 e. The van der Waals surface area contributed by atoms with Crippen LogP contribution in [0.2, 0.25) is 0 Å². The molecule has 0 aliphatic carbocycles. The van der Waals surface area contributed by atoms with Gasteiger partial charge in [0.25, 0.3) is 0 Å². The summed E-state index contributed by atoms with van der Waals surface area (Å²) in [4.78, 5) is -0.622. The maximum absolute atomic E-state index is 12.2. The van der Waals surface area contributed by atoms with Gasteiger partial charge in [-0.25, -0.2) is 25.3 Å². The molecule has 35 heavy (non-hydrogen) atoms. The molecule has 0 atom stereocenters. The fourth-order valence-electron chi connectivity index (χ4n) is 2.76. The SMILES string of the molecule is Nc1ccc2ccc(S(=O)(=O)[O-])cc2c1N=Nc1ccc(S(=O)(=O)CCOS(=O)(=O)[O-])cc1.[Na+].[Na+]. The quantitative estimate of drug-likeness (QED) is 0.0929. The van der Waals surface area contributed by atoms with Gasteiger partial charge in [-0.1, -0.05) is 12.1 Å². The van der Waals surface area contributed by atoms with Crippen molar-refractivity contribution in [3.63, 3.8) is 0 Å². The van der Waals surface area contributed by atoms with Crippen LogP contribution in [0.4, 0.5) is 17.1 Å². The third-order valence-electron chi connectivity index (χ3n) is 4.33. The van der Waals surface area contributed by atoms with Crippen LogP contribution in [0.25, 0.3) is 10.8 Å². The smallest absolute Gasteiger partial charge is 0.744 e. The predicted molar refractivity (Wildman–Crippen MR) is 115 cm³/mol. The van der Waals surface area contributed by atoms with Gasteiger partial charge in [-0.05, 0) is 47.9 Å². The zero-order chi connectivity index (χ0) is 24.4. The van der Waals surface area contributed by atoms with Crippen molar-refractivity contribution >= 4 is 58.2 Å². The molecule has 0 aromatic heterocycles. The monoisotopic (exact) mass is 559 g/mol. The van der Waals surface area contributed by atoms with E-state index in [-0.39, 0.29) is 86.5 Å². The van der Waals surface area contributed by atoms with Crippen molar-refractivity contribution in [2.75, 3.05) is 18.1 Å². The van der Waals surface area contributed by atoms with Crippen molar-refractivity contribution in [2.24, 2.45) is 10.2 Å². The Kier molecular flexibility index (Phi) is 11.5. The predicted octanol–water partition coefficient (Wildman–Crippen LogP) is -4.00. The molecular formula is C18H15N3Na2O9S3. The molecule has 176 valence electrons. The molecule has 0 aliphatic rings. The molecular weight excluding hydrogens is 544 g/mol. The number of rotatable bonds is 8.